The Morgan fingerprint density at radius 3 is 2.40 bits per heavy atom. The van der Waals surface area contributed by atoms with E-state index >= 15 is 0 Å². The summed E-state index contributed by atoms with van der Waals surface area (Å²) in [6.07, 6.45) is 4.71. The number of anilines is 1. The number of hydrogen-bond acceptors (Lipinski definition) is 2. The summed E-state index contributed by atoms with van der Waals surface area (Å²) >= 11 is 3.44. The first kappa shape index (κ1) is 15.4. The Bertz CT molecular complexity index is 487. The van der Waals surface area contributed by atoms with Gasteiger partial charge < -0.3 is 10.0 Å². The molecule has 0 aromatic heterocycles. The highest BCUT2D eigenvalue weighted by molar-refractivity contribution is 9.10. The van der Waals surface area contributed by atoms with E-state index in [-0.39, 0.29) is 0 Å². The van der Waals surface area contributed by atoms with Gasteiger partial charge in [0.15, 0.2) is 0 Å². The summed E-state index contributed by atoms with van der Waals surface area (Å²) in [6, 6.07) is 5.40. The second-order valence-corrected chi connectivity index (χ2v) is 6.58. The van der Waals surface area contributed by atoms with Crippen LogP contribution in [-0.4, -0.2) is 24.2 Å². The van der Waals surface area contributed by atoms with Gasteiger partial charge in [0.2, 0.25) is 0 Å². The fourth-order valence-electron chi connectivity index (χ4n) is 3.13. The van der Waals surface area contributed by atoms with Crippen LogP contribution in [0.15, 0.2) is 22.7 Å². The first-order valence-corrected chi connectivity index (χ1v) is 8.08. The summed E-state index contributed by atoms with van der Waals surface area (Å²) in [5, 5.41) is 9.34. The minimum Gasteiger partial charge on any atom is -0.478 e. The number of hydrogen-bond donors (Lipinski definition) is 1. The molecule has 1 aliphatic heterocycles. The van der Waals surface area contributed by atoms with Crippen molar-refractivity contribution >= 4 is 27.6 Å². The Hall–Kier alpha value is -1.03. The molecule has 1 saturated heterocycles. The van der Waals surface area contributed by atoms with Crippen LogP contribution in [-0.2, 0) is 0 Å². The first-order chi connectivity index (χ1) is 9.51. The van der Waals surface area contributed by atoms with Crippen LogP contribution in [0.4, 0.5) is 5.69 Å². The quantitative estimate of drug-likeness (QED) is 0.874. The molecular weight excluding hydrogens is 318 g/mol. The van der Waals surface area contributed by atoms with E-state index < -0.39 is 5.97 Å². The van der Waals surface area contributed by atoms with Gasteiger partial charge in [-0.25, -0.2) is 4.79 Å². The maximum Gasteiger partial charge on any atom is 0.337 e. The fraction of sp³-hybridized carbons (Fsp3) is 0.562. The maximum absolute atomic E-state index is 11.4. The average molecular weight is 340 g/mol. The third-order valence-corrected chi connectivity index (χ3v) is 5.35. The van der Waals surface area contributed by atoms with Crippen molar-refractivity contribution in [2.45, 2.75) is 39.5 Å². The SMILES string of the molecule is CCC1(CC)CCN(c2cc(Br)ccc2C(=O)O)CC1. The number of carbonyl (C=O) groups is 1. The van der Waals surface area contributed by atoms with Gasteiger partial charge in [0.1, 0.15) is 0 Å². The van der Waals surface area contributed by atoms with E-state index in [1.54, 1.807) is 12.1 Å². The average Bonchev–Trinajstić information content (AvgIpc) is 2.47. The number of benzene rings is 1. The number of halogens is 1. The molecule has 0 saturated carbocycles. The van der Waals surface area contributed by atoms with Crippen LogP contribution in [0.3, 0.4) is 0 Å². The molecule has 0 unspecified atom stereocenters. The third kappa shape index (κ3) is 3.00. The van der Waals surface area contributed by atoms with Crippen LogP contribution in [0.25, 0.3) is 0 Å². The Kier molecular flexibility index (Phi) is 4.74. The van der Waals surface area contributed by atoms with Gasteiger partial charge in [0.25, 0.3) is 0 Å². The van der Waals surface area contributed by atoms with Crippen LogP contribution in [0.1, 0.15) is 49.9 Å². The molecule has 0 amide bonds. The Balaban J connectivity index is 2.22. The Labute approximate surface area is 129 Å². The van der Waals surface area contributed by atoms with Gasteiger partial charge >= 0.3 is 5.97 Å². The van der Waals surface area contributed by atoms with Crippen molar-refractivity contribution in [1.29, 1.82) is 0 Å². The van der Waals surface area contributed by atoms with Crippen LogP contribution in [0.2, 0.25) is 0 Å². The lowest BCUT2D eigenvalue weighted by atomic mass is 9.74. The summed E-state index contributed by atoms with van der Waals surface area (Å²) in [4.78, 5) is 13.6. The lowest BCUT2D eigenvalue weighted by molar-refractivity contribution is 0.0697. The molecule has 2 rings (SSSR count). The van der Waals surface area contributed by atoms with Crippen LogP contribution in [0.5, 0.6) is 0 Å². The Morgan fingerprint density at radius 1 is 1.30 bits per heavy atom. The number of carboxylic acids is 1. The second-order valence-electron chi connectivity index (χ2n) is 5.66. The highest BCUT2D eigenvalue weighted by Crippen LogP contribution is 2.40. The molecule has 20 heavy (non-hydrogen) atoms. The van der Waals surface area contributed by atoms with Crippen molar-refractivity contribution < 1.29 is 9.90 Å². The molecular formula is C16H22BrNO2. The number of rotatable bonds is 4. The van der Waals surface area contributed by atoms with Crippen LogP contribution >= 0.6 is 15.9 Å². The second kappa shape index (κ2) is 6.17. The minimum absolute atomic E-state index is 0.397. The molecule has 1 fully saturated rings. The topological polar surface area (TPSA) is 40.5 Å². The summed E-state index contributed by atoms with van der Waals surface area (Å²) in [5.41, 5.74) is 1.69. The van der Waals surface area contributed by atoms with E-state index in [9.17, 15) is 9.90 Å². The molecule has 1 N–H and O–H groups in total. The molecule has 0 bridgehead atoms. The molecule has 1 aromatic rings. The van der Waals surface area contributed by atoms with Crippen molar-refractivity contribution in [1.82, 2.24) is 0 Å². The predicted octanol–water partition coefficient (Wildman–Crippen LogP) is 4.55. The number of piperidine rings is 1. The summed E-state index contributed by atoms with van der Waals surface area (Å²) in [6.45, 7) is 6.42. The molecule has 1 aromatic carbocycles. The largest absolute Gasteiger partial charge is 0.478 e. The van der Waals surface area contributed by atoms with E-state index in [1.807, 2.05) is 6.07 Å². The first-order valence-electron chi connectivity index (χ1n) is 7.29. The molecule has 0 atom stereocenters. The molecule has 0 aliphatic carbocycles. The molecule has 0 radical (unpaired) electrons. The Morgan fingerprint density at radius 2 is 1.90 bits per heavy atom. The van der Waals surface area contributed by atoms with E-state index in [4.69, 9.17) is 0 Å². The fourth-order valence-corrected chi connectivity index (χ4v) is 3.48. The highest BCUT2D eigenvalue weighted by atomic mass is 79.9. The van der Waals surface area contributed by atoms with E-state index in [0.717, 1.165) is 36.1 Å². The summed E-state index contributed by atoms with van der Waals surface area (Å²) in [5.74, 6) is -0.852. The van der Waals surface area contributed by atoms with Crippen molar-refractivity contribution in [3.05, 3.63) is 28.2 Å². The van der Waals surface area contributed by atoms with Gasteiger partial charge in [0, 0.05) is 17.6 Å². The minimum atomic E-state index is -0.852. The molecule has 1 aliphatic rings. The number of aromatic carboxylic acids is 1. The van der Waals surface area contributed by atoms with E-state index in [1.165, 1.54) is 12.8 Å². The van der Waals surface area contributed by atoms with Gasteiger partial charge in [-0.3, -0.25) is 0 Å². The molecule has 4 heteroatoms. The standard InChI is InChI=1S/C16H22BrNO2/c1-3-16(4-2)7-9-18(10-8-16)14-11-12(17)5-6-13(14)15(19)20/h5-6,11H,3-4,7-10H2,1-2H3,(H,19,20). The zero-order chi connectivity index (χ0) is 14.8. The number of carboxylic acid groups (broad SMARTS) is 1. The lowest BCUT2D eigenvalue weighted by Gasteiger charge is -2.42. The zero-order valence-corrected chi connectivity index (χ0v) is 13.7. The zero-order valence-electron chi connectivity index (χ0n) is 12.2. The molecule has 3 nitrogen and oxygen atoms in total. The van der Waals surface area contributed by atoms with Crippen molar-refractivity contribution in [3.8, 4) is 0 Å². The van der Waals surface area contributed by atoms with Gasteiger partial charge in [-0.1, -0.05) is 42.6 Å². The van der Waals surface area contributed by atoms with Crippen molar-refractivity contribution in [2.75, 3.05) is 18.0 Å². The van der Waals surface area contributed by atoms with Gasteiger partial charge in [-0.05, 0) is 36.5 Å². The van der Waals surface area contributed by atoms with Crippen LogP contribution in [0, 0.1) is 5.41 Å². The maximum atomic E-state index is 11.4. The molecule has 110 valence electrons. The summed E-state index contributed by atoms with van der Waals surface area (Å²) in [7, 11) is 0. The van der Waals surface area contributed by atoms with Gasteiger partial charge in [0.05, 0.1) is 11.3 Å². The normalized spacial score (nSPS) is 18.1. The molecule has 0 spiro atoms. The van der Waals surface area contributed by atoms with E-state index in [2.05, 4.69) is 34.7 Å². The monoisotopic (exact) mass is 339 g/mol. The van der Waals surface area contributed by atoms with Gasteiger partial charge in [-0.2, -0.15) is 0 Å². The van der Waals surface area contributed by atoms with Crippen molar-refractivity contribution in [2.24, 2.45) is 5.41 Å². The van der Waals surface area contributed by atoms with E-state index in [0.29, 0.717) is 11.0 Å². The molecule has 1 heterocycles. The van der Waals surface area contributed by atoms with Gasteiger partial charge in [-0.15, -0.1) is 0 Å². The predicted molar refractivity (Wildman–Crippen MR) is 85.6 cm³/mol. The smallest absolute Gasteiger partial charge is 0.337 e. The number of nitrogens with zero attached hydrogens (tertiary/aromatic N) is 1. The summed E-state index contributed by atoms with van der Waals surface area (Å²) < 4.78 is 0.931. The van der Waals surface area contributed by atoms with Crippen LogP contribution < -0.4 is 4.90 Å². The third-order valence-electron chi connectivity index (χ3n) is 4.85. The highest BCUT2D eigenvalue weighted by Gasteiger charge is 2.32. The van der Waals surface area contributed by atoms with Crippen molar-refractivity contribution in [3.63, 3.8) is 0 Å². The lowest BCUT2D eigenvalue weighted by Crippen LogP contribution is -2.40.